The maximum absolute atomic E-state index is 13.6. The Morgan fingerprint density at radius 2 is 1.73 bits per heavy atom. The molecule has 0 aromatic heterocycles. The van der Waals surface area contributed by atoms with E-state index in [4.69, 9.17) is 27.9 Å². The number of likely N-dealkylation sites (tertiary alicyclic amines) is 1. The summed E-state index contributed by atoms with van der Waals surface area (Å²) in [6.07, 6.45) is 2.70. The number of carbonyl (C=O) groups excluding carboxylic acids is 2. The smallest absolute Gasteiger partial charge is 0.410 e. The molecule has 1 fully saturated rings. The molecule has 0 aliphatic carbocycles. The van der Waals surface area contributed by atoms with Gasteiger partial charge < -0.3 is 14.5 Å². The van der Waals surface area contributed by atoms with Crippen LogP contribution in [0.1, 0.15) is 70.1 Å². The third-order valence-corrected chi connectivity index (χ3v) is 10.9. The molecular weight excluding hydrogens is 577 g/mol. The molecule has 41 heavy (non-hydrogen) atoms. The minimum atomic E-state index is -0.889. The minimum absolute atomic E-state index is 0.00358. The number of ether oxygens (including phenoxy) is 1. The van der Waals surface area contributed by atoms with E-state index in [9.17, 15) is 9.59 Å². The van der Waals surface area contributed by atoms with E-state index in [1.165, 1.54) is 11.1 Å². The summed E-state index contributed by atoms with van der Waals surface area (Å²) in [4.78, 5) is 32.3. The number of nitrogens with zero attached hydrogens (tertiary/aromatic N) is 3. The third-order valence-electron chi connectivity index (χ3n) is 8.51. The average molecular weight is 621 g/mol. The summed E-state index contributed by atoms with van der Waals surface area (Å²) in [5, 5.41) is 0.852. The molecule has 1 atom stereocenters. The van der Waals surface area contributed by atoms with E-state index in [1.807, 2.05) is 39.8 Å². The number of rotatable bonds is 8. The van der Waals surface area contributed by atoms with Gasteiger partial charge in [0.15, 0.2) is 0 Å². The topological polar surface area (TPSA) is 53.1 Å². The maximum atomic E-state index is 13.6. The number of carbonyl (C=O) groups is 2. The van der Waals surface area contributed by atoms with Crippen LogP contribution >= 0.6 is 35.0 Å². The monoisotopic (exact) mass is 619 g/mol. The lowest BCUT2D eigenvalue weighted by molar-refractivity contribution is -0.131. The van der Waals surface area contributed by atoms with E-state index in [2.05, 4.69) is 40.9 Å². The molecule has 1 saturated heterocycles. The molecule has 2 aliphatic heterocycles. The van der Waals surface area contributed by atoms with E-state index in [0.29, 0.717) is 29.4 Å². The Kier molecular flexibility index (Phi) is 9.94. The Hall–Kier alpha value is -1.93. The summed E-state index contributed by atoms with van der Waals surface area (Å²) in [5.74, 6) is 1.08. The summed E-state index contributed by atoms with van der Waals surface area (Å²) in [7, 11) is 3.55. The zero-order valence-electron chi connectivity index (χ0n) is 25.1. The zero-order valence-corrected chi connectivity index (χ0v) is 27.5. The number of halogens is 2. The normalized spacial score (nSPS) is 18.0. The SMILES string of the molecule is CCC(=O)N(C)CC(CCN1CCC2(CC1)SCc1ccccc12)(c1ccc(Cl)c(Cl)c1)N(C)C(=O)OC(C)(C)C. The van der Waals surface area contributed by atoms with E-state index >= 15 is 0 Å². The second-order valence-electron chi connectivity index (χ2n) is 12.3. The molecule has 1 spiro atoms. The van der Waals surface area contributed by atoms with Gasteiger partial charge in [-0.25, -0.2) is 4.79 Å². The minimum Gasteiger partial charge on any atom is -0.444 e. The molecular formula is C32H43Cl2N3O3S. The summed E-state index contributed by atoms with van der Waals surface area (Å²) >= 11 is 14.9. The molecule has 2 amide bonds. The first-order valence-electron chi connectivity index (χ1n) is 14.4. The highest BCUT2D eigenvalue weighted by atomic mass is 35.5. The van der Waals surface area contributed by atoms with Gasteiger partial charge in [0.2, 0.25) is 5.91 Å². The van der Waals surface area contributed by atoms with Crippen LogP contribution in [0.25, 0.3) is 0 Å². The number of hydrogen-bond acceptors (Lipinski definition) is 5. The summed E-state index contributed by atoms with van der Waals surface area (Å²) in [6, 6.07) is 14.4. The fraction of sp³-hybridized carbons (Fsp3) is 0.562. The molecule has 2 aliphatic rings. The molecule has 2 aromatic rings. The van der Waals surface area contributed by atoms with Crippen molar-refractivity contribution in [1.29, 1.82) is 0 Å². The fourth-order valence-electron chi connectivity index (χ4n) is 6.10. The van der Waals surface area contributed by atoms with Crippen LogP contribution in [0.15, 0.2) is 42.5 Å². The van der Waals surface area contributed by atoms with Gasteiger partial charge in [-0.05, 0) is 81.9 Å². The van der Waals surface area contributed by atoms with Crippen LogP contribution in [-0.4, -0.2) is 72.6 Å². The van der Waals surface area contributed by atoms with Crippen molar-refractivity contribution in [3.05, 3.63) is 69.2 Å². The predicted molar refractivity (Wildman–Crippen MR) is 170 cm³/mol. The van der Waals surface area contributed by atoms with Gasteiger partial charge in [-0.2, -0.15) is 0 Å². The summed E-state index contributed by atoms with van der Waals surface area (Å²) < 4.78 is 6.04. The van der Waals surface area contributed by atoms with Crippen molar-refractivity contribution in [2.45, 2.75) is 75.0 Å². The third kappa shape index (κ3) is 7.01. The Balaban J connectivity index is 1.64. The Bertz CT molecular complexity index is 1260. The number of hydrogen-bond donors (Lipinski definition) is 0. The van der Waals surface area contributed by atoms with Gasteiger partial charge >= 0.3 is 6.09 Å². The zero-order chi connectivity index (χ0) is 30.0. The van der Waals surface area contributed by atoms with Crippen LogP contribution in [0.3, 0.4) is 0 Å². The standard InChI is InChI=1S/C32H43Cl2N3O3S/c1-7-28(38)35(5)22-31(24-12-13-26(33)27(34)20-24,36(6)29(39)40-30(2,3)4)14-17-37-18-15-32(16-19-37)25-11-9-8-10-23(25)21-41-32/h8-13,20H,7,14-19,21-22H2,1-6H3. The van der Waals surface area contributed by atoms with Crippen molar-refractivity contribution in [3.63, 3.8) is 0 Å². The lowest BCUT2D eigenvalue weighted by atomic mass is 9.83. The molecule has 0 N–H and O–H groups in total. The number of amides is 2. The van der Waals surface area contributed by atoms with Crippen LogP contribution in [0.4, 0.5) is 4.79 Å². The molecule has 4 rings (SSSR count). The van der Waals surface area contributed by atoms with Crippen LogP contribution in [0.5, 0.6) is 0 Å². The largest absolute Gasteiger partial charge is 0.444 e. The average Bonchev–Trinajstić information content (AvgIpc) is 3.29. The van der Waals surface area contributed by atoms with Crippen molar-refractivity contribution in [2.75, 3.05) is 40.3 Å². The molecule has 1 unspecified atom stereocenters. The first-order chi connectivity index (χ1) is 19.3. The Morgan fingerprint density at radius 1 is 1.05 bits per heavy atom. The predicted octanol–water partition coefficient (Wildman–Crippen LogP) is 7.55. The van der Waals surface area contributed by atoms with Crippen molar-refractivity contribution in [3.8, 4) is 0 Å². The van der Waals surface area contributed by atoms with Gasteiger partial charge in [0, 0.05) is 44.1 Å². The first-order valence-corrected chi connectivity index (χ1v) is 16.2. The fourth-order valence-corrected chi connectivity index (χ4v) is 7.91. The van der Waals surface area contributed by atoms with E-state index in [1.54, 1.807) is 30.0 Å². The highest BCUT2D eigenvalue weighted by molar-refractivity contribution is 7.99. The first kappa shape index (κ1) is 32.0. The highest BCUT2D eigenvalue weighted by Crippen LogP contribution is 2.53. The van der Waals surface area contributed by atoms with Gasteiger partial charge in [-0.1, -0.05) is 60.5 Å². The second kappa shape index (κ2) is 12.7. The number of likely N-dealkylation sites (N-methyl/N-ethyl adjacent to an activating group) is 2. The highest BCUT2D eigenvalue weighted by Gasteiger charge is 2.45. The molecule has 9 heteroatoms. The Labute approximate surface area is 259 Å². The van der Waals surface area contributed by atoms with Gasteiger partial charge in [-0.15, -0.1) is 11.8 Å². The summed E-state index contributed by atoms with van der Waals surface area (Å²) in [6.45, 7) is 10.4. The van der Waals surface area contributed by atoms with Gasteiger partial charge in [0.25, 0.3) is 0 Å². The molecule has 2 aromatic carbocycles. The molecule has 0 bridgehead atoms. The van der Waals surface area contributed by atoms with E-state index < -0.39 is 17.2 Å². The number of benzene rings is 2. The molecule has 224 valence electrons. The lowest BCUT2D eigenvalue weighted by Gasteiger charge is -2.46. The van der Waals surface area contributed by atoms with Crippen LogP contribution in [0, 0.1) is 0 Å². The van der Waals surface area contributed by atoms with E-state index in [-0.39, 0.29) is 10.7 Å². The summed E-state index contributed by atoms with van der Waals surface area (Å²) in [5.41, 5.74) is 2.23. The lowest BCUT2D eigenvalue weighted by Crippen LogP contribution is -2.56. The van der Waals surface area contributed by atoms with Crippen molar-refractivity contribution >= 4 is 47.0 Å². The van der Waals surface area contributed by atoms with Crippen molar-refractivity contribution < 1.29 is 14.3 Å². The van der Waals surface area contributed by atoms with Gasteiger partial charge in [-0.3, -0.25) is 9.69 Å². The quantitative estimate of drug-likeness (QED) is 0.305. The number of thioether (sulfide) groups is 1. The van der Waals surface area contributed by atoms with Crippen molar-refractivity contribution in [1.82, 2.24) is 14.7 Å². The van der Waals surface area contributed by atoms with Gasteiger partial charge in [0.05, 0.1) is 15.6 Å². The number of piperidine rings is 1. The molecule has 6 nitrogen and oxygen atoms in total. The van der Waals surface area contributed by atoms with Gasteiger partial charge in [0.1, 0.15) is 5.60 Å². The van der Waals surface area contributed by atoms with Crippen LogP contribution in [-0.2, 0) is 25.6 Å². The van der Waals surface area contributed by atoms with Crippen molar-refractivity contribution in [2.24, 2.45) is 0 Å². The molecule has 0 saturated carbocycles. The molecule has 0 radical (unpaired) electrons. The molecule has 2 heterocycles. The van der Waals surface area contributed by atoms with E-state index in [0.717, 1.165) is 43.8 Å². The van der Waals surface area contributed by atoms with Crippen LogP contribution in [0.2, 0.25) is 10.0 Å². The van der Waals surface area contributed by atoms with Crippen LogP contribution < -0.4 is 0 Å². The number of fused-ring (bicyclic) bond motifs is 2. The second-order valence-corrected chi connectivity index (χ2v) is 14.5. The Morgan fingerprint density at radius 3 is 2.37 bits per heavy atom. The maximum Gasteiger partial charge on any atom is 0.410 e.